The summed E-state index contributed by atoms with van der Waals surface area (Å²) in [6, 6.07) is 0.239. The van der Waals surface area contributed by atoms with E-state index in [1.807, 2.05) is 5.38 Å². The Kier molecular flexibility index (Phi) is 3.85. The van der Waals surface area contributed by atoms with Gasteiger partial charge in [-0.2, -0.15) is 0 Å². The summed E-state index contributed by atoms with van der Waals surface area (Å²) in [5.41, 5.74) is 1.02. The molecule has 0 radical (unpaired) electrons. The number of thiazole rings is 1. The first-order valence-electron chi connectivity index (χ1n) is 5.91. The Hall–Kier alpha value is -0.460. The molecule has 6 heteroatoms. The third-order valence-electron chi connectivity index (χ3n) is 3.08. The molecule has 4 nitrogen and oxygen atoms in total. The van der Waals surface area contributed by atoms with Crippen LogP contribution in [0.5, 0.6) is 0 Å². The summed E-state index contributed by atoms with van der Waals surface area (Å²) < 4.78 is 22.8. The van der Waals surface area contributed by atoms with Gasteiger partial charge in [0.05, 0.1) is 22.2 Å². The maximum Gasteiger partial charge on any atom is 0.151 e. The highest BCUT2D eigenvalue weighted by molar-refractivity contribution is 7.91. The van der Waals surface area contributed by atoms with Crippen LogP contribution in [-0.2, 0) is 9.84 Å². The Morgan fingerprint density at radius 2 is 2.41 bits per heavy atom. The predicted octanol–water partition coefficient (Wildman–Crippen LogP) is 1.72. The van der Waals surface area contributed by atoms with Gasteiger partial charge in [0.25, 0.3) is 0 Å². The van der Waals surface area contributed by atoms with Crippen molar-refractivity contribution < 1.29 is 8.42 Å². The van der Waals surface area contributed by atoms with E-state index in [1.54, 1.807) is 11.3 Å². The summed E-state index contributed by atoms with van der Waals surface area (Å²) in [7, 11) is -2.81. The molecule has 1 saturated heterocycles. The average Bonchev–Trinajstić information content (AvgIpc) is 2.84. The molecule has 0 saturated carbocycles. The summed E-state index contributed by atoms with van der Waals surface area (Å²) in [4.78, 5) is 4.57. The average molecular weight is 274 g/mol. The van der Waals surface area contributed by atoms with Gasteiger partial charge >= 0.3 is 0 Å². The molecule has 0 amide bonds. The van der Waals surface area contributed by atoms with Crippen molar-refractivity contribution in [2.45, 2.75) is 32.2 Å². The first-order valence-corrected chi connectivity index (χ1v) is 8.61. The van der Waals surface area contributed by atoms with E-state index in [0.29, 0.717) is 5.75 Å². The normalized spacial score (nSPS) is 24.9. The van der Waals surface area contributed by atoms with Crippen molar-refractivity contribution in [3.63, 3.8) is 0 Å². The SMILES string of the molecule is CCNC(C)c1csc(C2CCS(=O)(=O)C2)n1. The van der Waals surface area contributed by atoms with E-state index in [9.17, 15) is 8.42 Å². The molecule has 0 aliphatic carbocycles. The predicted molar refractivity (Wildman–Crippen MR) is 70.2 cm³/mol. The molecule has 2 unspecified atom stereocenters. The Morgan fingerprint density at radius 1 is 1.65 bits per heavy atom. The van der Waals surface area contributed by atoms with Crippen molar-refractivity contribution in [1.82, 2.24) is 10.3 Å². The zero-order valence-electron chi connectivity index (χ0n) is 10.1. The standard InChI is InChI=1S/C11H18N2O2S2/c1-3-12-8(2)10-6-16-11(13-10)9-4-5-17(14,15)7-9/h6,8-9,12H,3-5,7H2,1-2H3. The topological polar surface area (TPSA) is 59.1 Å². The van der Waals surface area contributed by atoms with Crippen molar-refractivity contribution in [2.24, 2.45) is 0 Å². The molecule has 17 heavy (non-hydrogen) atoms. The van der Waals surface area contributed by atoms with Gasteiger partial charge in [0.2, 0.25) is 0 Å². The molecule has 0 bridgehead atoms. The molecule has 1 aromatic rings. The lowest BCUT2D eigenvalue weighted by Crippen LogP contribution is -2.18. The number of sulfone groups is 1. The van der Waals surface area contributed by atoms with Crippen LogP contribution in [0.2, 0.25) is 0 Å². The van der Waals surface area contributed by atoms with Crippen LogP contribution < -0.4 is 5.32 Å². The molecule has 96 valence electrons. The second-order valence-electron chi connectivity index (χ2n) is 4.49. The molecule has 1 aliphatic heterocycles. The lowest BCUT2D eigenvalue weighted by atomic mass is 10.1. The zero-order valence-corrected chi connectivity index (χ0v) is 11.8. The quantitative estimate of drug-likeness (QED) is 0.908. The third kappa shape index (κ3) is 3.05. The van der Waals surface area contributed by atoms with Gasteiger partial charge in [-0.3, -0.25) is 0 Å². The minimum atomic E-state index is -2.81. The summed E-state index contributed by atoms with van der Waals surface area (Å²) >= 11 is 1.59. The fourth-order valence-corrected chi connectivity index (χ4v) is 4.99. The molecular weight excluding hydrogens is 256 g/mol. The molecule has 2 atom stereocenters. The number of nitrogens with one attached hydrogen (secondary N) is 1. The Morgan fingerprint density at radius 3 is 3.00 bits per heavy atom. The van der Waals surface area contributed by atoms with Gasteiger partial charge in [0, 0.05) is 17.3 Å². The van der Waals surface area contributed by atoms with Gasteiger partial charge in [0.1, 0.15) is 0 Å². The molecule has 1 aromatic heterocycles. The highest BCUT2D eigenvalue weighted by Gasteiger charge is 2.31. The van der Waals surface area contributed by atoms with Crippen LogP contribution in [0.1, 0.15) is 42.9 Å². The van der Waals surface area contributed by atoms with E-state index >= 15 is 0 Å². The van der Waals surface area contributed by atoms with Crippen LogP contribution in [0.15, 0.2) is 5.38 Å². The molecule has 2 rings (SSSR count). The highest BCUT2D eigenvalue weighted by Crippen LogP contribution is 2.31. The van der Waals surface area contributed by atoms with Crippen molar-refractivity contribution in [1.29, 1.82) is 0 Å². The largest absolute Gasteiger partial charge is 0.309 e. The van der Waals surface area contributed by atoms with Gasteiger partial charge < -0.3 is 5.32 Å². The number of hydrogen-bond donors (Lipinski definition) is 1. The highest BCUT2D eigenvalue weighted by atomic mass is 32.2. The van der Waals surface area contributed by atoms with Gasteiger partial charge in [0.15, 0.2) is 9.84 Å². The smallest absolute Gasteiger partial charge is 0.151 e. The number of nitrogens with zero attached hydrogens (tertiary/aromatic N) is 1. The number of aromatic nitrogens is 1. The van der Waals surface area contributed by atoms with E-state index in [2.05, 4.69) is 24.1 Å². The summed E-state index contributed by atoms with van der Waals surface area (Å²) in [6.07, 6.45) is 0.727. The Labute approximate surface area is 106 Å². The van der Waals surface area contributed by atoms with Crippen LogP contribution in [-0.4, -0.2) is 31.5 Å². The second-order valence-corrected chi connectivity index (χ2v) is 7.61. The molecule has 1 aliphatic rings. The lowest BCUT2D eigenvalue weighted by Gasteiger charge is -2.08. The first kappa shape index (κ1) is 13.0. The van der Waals surface area contributed by atoms with Crippen LogP contribution in [0.25, 0.3) is 0 Å². The van der Waals surface area contributed by atoms with Crippen molar-refractivity contribution in [3.8, 4) is 0 Å². The van der Waals surface area contributed by atoms with Gasteiger partial charge in [-0.05, 0) is 19.9 Å². The van der Waals surface area contributed by atoms with Crippen molar-refractivity contribution in [3.05, 3.63) is 16.1 Å². The monoisotopic (exact) mass is 274 g/mol. The van der Waals surface area contributed by atoms with Crippen molar-refractivity contribution in [2.75, 3.05) is 18.1 Å². The minimum Gasteiger partial charge on any atom is -0.309 e. The van der Waals surface area contributed by atoms with E-state index in [4.69, 9.17) is 0 Å². The van der Waals surface area contributed by atoms with Gasteiger partial charge in [-0.25, -0.2) is 13.4 Å². The molecule has 0 spiro atoms. The Bertz CT molecular complexity index is 481. The second kappa shape index (κ2) is 5.04. The van der Waals surface area contributed by atoms with Gasteiger partial charge in [-0.15, -0.1) is 11.3 Å². The summed E-state index contributed by atoms with van der Waals surface area (Å²) in [5, 5.41) is 6.32. The Balaban J connectivity index is 2.09. The van der Waals surface area contributed by atoms with E-state index in [0.717, 1.165) is 23.7 Å². The summed E-state index contributed by atoms with van der Waals surface area (Å²) in [5.74, 6) is 0.706. The molecule has 0 aromatic carbocycles. The first-order chi connectivity index (χ1) is 8.02. The van der Waals surface area contributed by atoms with E-state index < -0.39 is 9.84 Å². The van der Waals surface area contributed by atoms with E-state index in [1.165, 1.54) is 0 Å². The minimum absolute atomic E-state index is 0.118. The third-order valence-corrected chi connectivity index (χ3v) is 5.87. The fraction of sp³-hybridized carbons (Fsp3) is 0.727. The molecular formula is C11H18N2O2S2. The molecule has 1 N–H and O–H groups in total. The van der Waals surface area contributed by atoms with Crippen LogP contribution >= 0.6 is 11.3 Å². The van der Waals surface area contributed by atoms with E-state index in [-0.39, 0.29) is 17.7 Å². The lowest BCUT2D eigenvalue weighted by molar-refractivity contribution is 0.582. The zero-order chi connectivity index (χ0) is 12.5. The van der Waals surface area contributed by atoms with Crippen LogP contribution in [0.3, 0.4) is 0 Å². The maximum absolute atomic E-state index is 11.4. The van der Waals surface area contributed by atoms with Crippen LogP contribution in [0.4, 0.5) is 0 Å². The van der Waals surface area contributed by atoms with Crippen molar-refractivity contribution >= 4 is 21.2 Å². The van der Waals surface area contributed by atoms with Crippen LogP contribution in [0, 0.1) is 0 Å². The number of hydrogen-bond acceptors (Lipinski definition) is 5. The fourth-order valence-electron chi connectivity index (χ4n) is 2.09. The molecule has 2 heterocycles. The maximum atomic E-state index is 11.4. The molecule has 1 fully saturated rings. The summed E-state index contributed by atoms with van der Waals surface area (Å²) in [6.45, 7) is 5.05. The van der Waals surface area contributed by atoms with Gasteiger partial charge in [-0.1, -0.05) is 6.92 Å². The number of rotatable bonds is 4.